The number of amides is 4. The summed E-state index contributed by atoms with van der Waals surface area (Å²) in [5, 5.41) is 10.8. The normalized spacial score (nSPS) is 12.4. The zero-order chi connectivity index (χ0) is 53.5. The smallest absolute Gasteiger partial charge is 0.408 e. The van der Waals surface area contributed by atoms with Gasteiger partial charge in [0.1, 0.15) is 49.3 Å². The van der Waals surface area contributed by atoms with Crippen LogP contribution in [0.3, 0.4) is 0 Å². The van der Waals surface area contributed by atoms with Gasteiger partial charge in [-0.05, 0) is 90.7 Å². The fourth-order valence-corrected chi connectivity index (χ4v) is 8.10. The van der Waals surface area contributed by atoms with E-state index in [0.717, 1.165) is 33.9 Å². The summed E-state index contributed by atoms with van der Waals surface area (Å²) in [7, 11) is -0.357. The molecule has 0 heterocycles. The van der Waals surface area contributed by atoms with E-state index in [1.807, 2.05) is 121 Å². The predicted molar refractivity (Wildman–Crippen MR) is 284 cm³/mol. The zero-order valence-corrected chi connectivity index (χ0v) is 44.4. The minimum Gasteiger partial charge on any atom is -0.489 e. The van der Waals surface area contributed by atoms with Crippen LogP contribution in [0, 0.1) is 0 Å². The first-order valence-electron chi connectivity index (χ1n) is 24.7. The molecule has 74 heavy (non-hydrogen) atoms. The van der Waals surface area contributed by atoms with Gasteiger partial charge in [0.25, 0.3) is 0 Å². The first kappa shape index (κ1) is 57.2. The molecule has 0 saturated carbocycles. The minimum absolute atomic E-state index is 0.00130. The molecule has 0 unspecified atom stereocenters. The van der Waals surface area contributed by atoms with Crippen molar-refractivity contribution in [3.63, 3.8) is 0 Å². The molecule has 5 rings (SSSR count). The molecule has 0 bridgehead atoms. The lowest BCUT2D eigenvalue weighted by molar-refractivity contribution is -0.146. The van der Waals surface area contributed by atoms with Crippen LogP contribution in [-0.4, -0.2) is 88.2 Å². The summed E-state index contributed by atoms with van der Waals surface area (Å²) < 4.78 is 33.6. The molecule has 0 aliphatic carbocycles. The van der Waals surface area contributed by atoms with Crippen molar-refractivity contribution in [3.05, 3.63) is 161 Å². The standard InChI is InChI=1S/C57H70N4O12Si/c1-57(2,3)73-56(67)60-47(27-18-30-58-54(65)71-38-41-21-13-9-14-22-41)51(62)59-48(52(63)68-4)34-43-25-17-26-44(33-43)45-28-29-50(70-37-40-19-11-8-12-20-40)46(35-45)36-49(53(64)69-31-32-74(5,6)7)61-55(66)72-39-42-23-15-10-16-24-42/h8-17,19-26,28-29,33,35,47-49H,18,27,30-32,34,36-39H2,1-7H3,(H,58,65)(H,59,62)(H,60,67)(H,61,66)/t47-,48-,49-/m0/s1. The van der Waals surface area contributed by atoms with Crippen LogP contribution < -0.4 is 26.0 Å². The summed E-state index contributed by atoms with van der Waals surface area (Å²) in [5.41, 5.74) is 4.38. The molecular formula is C57H70N4O12Si. The SMILES string of the molecule is COC(=O)[C@H](Cc1cccc(-c2ccc(OCc3ccccc3)c(C[C@H](NC(=O)OCc3ccccc3)C(=O)OCC[Si](C)(C)C)c2)c1)NC(=O)[C@H](CCCNC(=O)OCc1ccccc1)NC(=O)OC(C)(C)C. The highest BCUT2D eigenvalue weighted by Crippen LogP contribution is 2.30. The summed E-state index contributed by atoms with van der Waals surface area (Å²) in [6.07, 6.45) is -1.94. The van der Waals surface area contributed by atoms with Crippen LogP contribution in [-0.2, 0) is 70.7 Å². The van der Waals surface area contributed by atoms with Gasteiger partial charge in [0.05, 0.1) is 13.7 Å². The van der Waals surface area contributed by atoms with Gasteiger partial charge in [0.2, 0.25) is 5.91 Å². The molecule has 3 atom stereocenters. The van der Waals surface area contributed by atoms with Crippen LogP contribution in [0.15, 0.2) is 133 Å². The Balaban J connectivity index is 1.36. The number of alkyl carbamates (subject to hydrolysis) is 3. The van der Waals surface area contributed by atoms with Crippen molar-refractivity contribution in [1.29, 1.82) is 0 Å². The quantitative estimate of drug-likeness (QED) is 0.0187. The van der Waals surface area contributed by atoms with Gasteiger partial charge in [0.15, 0.2) is 0 Å². The summed E-state index contributed by atoms with van der Waals surface area (Å²) in [6.45, 7) is 12.3. The van der Waals surface area contributed by atoms with E-state index < -0.39 is 67.9 Å². The van der Waals surface area contributed by atoms with E-state index in [9.17, 15) is 28.8 Å². The number of nitrogens with one attached hydrogen (secondary N) is 4. The number of hydrogen-bond acceptors (Lipinski definition) is 12. The second-order valence-corrected chi connectivity index (χ2v) is 25.5. The van der Waals surface area contributed by atoms with E-state index in [-0.39, 0.29) is 58.7 Å². The fraction of sp³-hybridized carbons (Fsp3) is 0.368. The van der Waals surface area contributed by atoms with Crippen molar-refractivity contribution in [2.24, 2.45) is 0 Å². The van der Waals surface area contributed by atoms with Gasteiger partial charge in [-0.15, -0.1) is 0 Å². The average molecular weight is 1030 g/mol. The van der Waals surface area contributed by atoms with Gasteiger partial charge >= 0.3 is 30.2 Å². The number of rotatable bonds is 25. The van der Waals surface area contributed by atoms with Crippen LogP contribution in [0.5, 0.6) is 5.75 Å². The molecule has 0 aliphatic rings. The molecule has 17 heteroatoms. The minimum atomic E-state index is -1.57. The van der Waals surface area contributed by atoms with E-state index in [2.05, 4.69) is 40.9 Å². The second kappa shape index (κ2) is 28.5. The molecule has 4 amide bonds. The molecular weight excluding hydrogens is 961 g/mol. The fourth-order valence-electron chi connectivity index (χ4n) is 7.38. The number of esters is 2. The van der Waals surface area contributed by atoms with Gasteiger partial charge in [-0.2, -0.15) is 0 Å². The summed E-state index contributed by atoms with van der Waals surface area (Å²) in [4.78, 5) is 79.9. The zero-order valence-electron chi connectivity index (χ0n) is 43.4. The third-order valence-corrected chi connectivity index (χ3v) is 13.0. The van der Waals surface area contributed by atoms with Crippen molar-refractivity contribution in [2.45, 2.75) is 116 Å². The molecule has 0 aromatic heterocycles. The Morgan fingerprint density at radius 3 is 1.70 bits per heavy atom. The highest BCUT2D eigenvalue weighted by Gasteiger charge is 2.30. The number of ether oxygens (including phenoxy) is 6. The maximum atomic E-state index is 14.0. The molecule has 394 valence electrons. The van der Waals surface area contributed by atoms with Crippen LogP contribution in [0.1, 0.15) is 61.4 Å². The van der Waals surface area contributed by atoms with Crippen LogP contribution in [0.2, 0.25) is 25.7 Å². The average Bonchev–Trinajstić information content (AvgIpc) is 3.37. The number of benzene rings is 5. The van der Waals surface area contributed by atoms with Gasteiger partial charge in [-0.3, -0.25) is 4.79 Å². The highest BCUT2D eigenvalue weighted by molar-refractivity contribution is 6.76. The third-order valence-electron chi connectivity index (χ3n) is 11.3. The van der Waals surface area contributed by atoms with Crippen molar-refractivity contribution < 1.29 is 57.2 Å². The van der Waals surface area contributed by atoms with Crippen molar-refractivity contribution in [3.8, 4) is 16.9 Å². The maximum absolute atomic E-state index is 14.0. The molecule has 0 fully saturated rings. The third kappa shape index (κ3) is 20.8. The van der Waals surface area contributed by atoms with Gasteiger partial charge < -0.3 is 49.7 Å². The van der Waals surface area contributed by atoms with E-state index in [1.165, 1.54) is 7.11 Å². The Morgan fingerprint density at radius 1 is 0.554 bits per heavy atom. The lowest BCUT2D eigenvalue weighted by Gasteiger charge is -2.25. The largest absolute Gasteiger partial charge is 0.489 e. The predicted octanol–water partition coefficient (Wildman–Crippen LogP) is 9.45. The van der Waals surface area contributed by atoms with Crippen LogP contribution >= 0.6 is 0 Å². The Bertz CT molecular complexity index is 2610. The lowest BCUT2D eigenvalue weighted by atomic mass is 9.96. The molecule has 0 spiro atoms. The van der Waals surface area contributed by atoms with Gasteiger partial charge in [0, 0.05) is 27.5 Å². The van der Waals surface area contributed by atoms with E-state index in [4.69, 9.17) is 28.4 Å². The van der Waals surface area contributed by atoms with Gasteiger partial charge in [-0.1, -0.05) is 141 Å². The molecule has 16 nitrogen and oxygen atoms in total. The highest BCUT2D eigenvalue weighted by atomic mass is 28.3. The van der Waals surface area contributed by atoms with Crippen molar-refractivity contribution in [1.82, 2.24) is 21.3 Å². The molecule has 5 aromatic carbocycles. The maximum Gasteiger partial charge on any atom is 0.408 e. The van der Waals surface area contributed by atoms with Crippen molar-refractivity contribution >= 4 is 44.2 Å². The molecule has 5 aromatic rings. The topological polar surface area (TPSA) is 206 Å². The van der Waals surface area contributed by atoms with Gasteiger partial charge in [-0.25, -0.2) is 24.0 Å². The number of methoxy groups -OCH3 is 1. The monoisotopic (exact) mass is 1030 g/mol. The van der Waals surface area contributed by atoms with E-state index in [1.54, 1.807) is 32.9 Å². The molecule has 0 radical (unpaired) electrons. The second-order valence-electron chi connectivity index (χ2n) is 19.9. The summed E-state index contributed by atoms with van der Waals surface area (Å²) in [6, 6.07) is 38.2. The Hall–Kier alpha value is -7.66. The number of carbonyl (C=O) groups excluding carboxylic acids is 6. The first-order valence-corrected chi connectivity index (χ1v) is 28.4. The first-order chi connectivity index (χ1) is 35.3. The Morgan fingerprint density at radius 2 is 1.11 bits per heavy atom. The molecule has 0 saturated heterocycles. The van der Waals surface area contributed by atoms with E-state index >= 15 is 0 Å². The van der Waals surface area contributed by atoms with Crippen LogP contribution in [0.4, 0.5) is 14.4 Å². The van der Waals surface area contributed by atoms with E-state index in [0.29, 0.717) is 16.9 Å². The van der Waals surface area contributed by atoms with Crippen molar-refractivity contribution in [2.75, 3.05) is 20.3 Å². The summed E-state index contributed by atoms with van der Waals surface area (Å²) in [5.74, 6) is -1.52. The number of hydrogen-bond donors (Lipinski definition) is 4. The number of carbonyl (C=O) groups is 6. The Labute approximate surface area is 435 Å². The molecule has 0 aliphatic heterocycles. The lowest BCUT2D eigenvalue weighted by Crippen LogP contribution is -2.53. The Kier molecular flexibility index (Phi) is 22.1. The molecule has 4 N–H and O–H groups in total. The summed E-state index contributed by atoms with van der Waals surface area (Å²) >= 11 is 0. The van der Waals surface area contributed by atoms with Crippen LogP contribution in [0.25, 0.3) is 11.1 Å².